The Kier molecular flexibility index (Phi) is 8.02. The fourth-order valence-corrected chi connectivity index (χ4v) is 13.7. The van der Waals surface area contributed by atoms with E-state index in [0.29, 0.717) is 12.8 Å². The van der Waals surface area contributed by atoms with Crippen molar-refractivity contribution in [2.24, 2.45) is 0 Å². The van der Waals surface area contributed by atoms with E-state index in [9.17, 15) is 16.8 Å². The Morgan fingerprint density at radius 3 is 1.33 bits per heavy atom. The lowest BCUT2D eigenvalue weighted by atomic mass is 9.92. The molecule has 1 aliphatic carbocycles. The summed E-state index contributed by atoms with van der Waals surface area (Å²) in [4.78, 5) is 0.430. The molecule has 1 aliphatic heterocycles. The number of nitrogens with zero attached hydrogens (tertiary/aromatic N) is 3. The standard InChI is InChI=1S/C26H38N3O4PS2/c1-19(2)27(20(3)4)34-28(35(30,31)23-15-11-21(5)12-16-23)25-9-7-8-10-26(25)29(34)36(32,33)24-17-13-22(6)14-18-24/h11-20,25-26H,7-10H2,1-6H3/t25-,26-/m1/s1. The van der Waals surface area contributed by atoms with Crippen molar-refractivity contribution in [3.63, 3.8) is 0 Å². The molecule has 0 amide bonds. The van der Waals surface area contributed by atoms with Crippen LogP contribution in [0, 0.1) is 13.8 Å². The summed E-state index contributed by atoms with van der Waals surface area (Å²) in [5.74, 6) is 0. The van der Waals surface area contributed by atoms with Crippen molar-refractivity contribution in [2.45, 2.75) is 101 Å². The molecular formula is C26H38N3O4PS2. The van der Waals surface area contributed by atoms with Crippen LogP contribution in [0.5, 0.6) is 0 Å². The minimum Gasteiger partial charge on any atom is -0.251 e. The first-order valence-corrected chi connectivity index (χ1v) is 16.8. The Bertz CT molecular complexity index is 1180. The van der Waals surface area contributed by atoms with Crippen LogP contribution in [-0.4, -0.2) is 53.8 Å². The first kappa shape index (κ1) is 27.7. The molecule has 10 heteroatoms. The Labute approximate surface area is 218 Å². The zero-order valence-corrected chi connectivity index (χ0v) is 24.5. The van der Waals surface area contributed by atoms with E-state index in [-0.39, 0.29) is 21.9 Å². The van der Waals surface area contributed by atoms with Crippen LogP contribution >= 0.6 is 8.37 Å². The molecule has 0 aromatic heterocycles. The lowest BCUT2D eigenvalue weighted by Crippen LogP contribution is -2.43. The molecule has 2 aromatic rings. The molecular weight excluding hydrogens is 513 g/mol. The van der Waals surface area contributed by atoms with E-state index in [1.54, 1.807) is 56.7 Å². The predicted octanol–water partition coefficient (Wildman–Crippen LogP) is 5.66. The van der Waals surface area contributed by atoms with Crippen LogP contribution in [-0.2, 0) is 20.0 Å². The Morgan fingerprint density at radius 1 is 0.694 bits per heavy atom. The van der Waals surface area contributed by atoms with Crippen LogP contribution in [0.3, 0.4) is 0 Å². The van der Waals surface area contributed by atoms with Crippen molar-refractivity contribution in [3.05, 3.63) is 59.7 Å². The average Bonchev–Trinajstić information content (AvgIpc) is 3.15. The van der Waals surface area contributed by atoms with Gasteiger partial charge in [0.2, 0.25) is 20.0 Å². The van der Waals surface area contributed by atoms with Gasteiger partial charge in [-0.2, -0.15) is 0 Å². The molecule has 0 N–H and O–H groups in total. The largest absolute Gasteiger partial charge is 0.251 e. The highest BCUT2D eigenvalue weighted by Crippen LogP contribution is 2.64. The van der Waals surface area contributed by atoms with Crippen molar-refractivity contribution in [2.75, 3.05) is 0 Å². The third-order valence-electron chi connectivity index (χ3n) is 7.01. The lowest BCUT2D eigenvalue weighted by molar-refractivity contribution is 0.278. The highest BCUT2D eigenvalue weighted by Gasteiger charge is 2.60. The molecule has 1 saturated heterocycles. The summed E-state index contributed by atoms with van der Waals surface area (Å²) in [6.07, 6.45) is 3.06. The molecule has 7 nitrogen and oxygen atoms in total. The average molecular weight is 552 g/mol. The summed E-state index contributed by atoms with van der Waals surface area (Å²) in [6.45, 7) is 11.9. The van der Waals surface area contributed by atoms with Gasteiger partial charge >= 0.3 is 0 Å². The number of hydrogen-bond donors (Lipinski definition) is 0. The van der Waals surface area contributed by atoms with Gasteiger partial charge in [-0.1, -0.05) is 48.2 Å². The highest BCUT2D eigenvalue weighted by molar-refractivity contribution is 7.98. The van der Waals surface area contributed by atoms with Crippen molar-refractivity contribution in [3.8, 4) is 0 Å². The number of fused-ring (bicyclic) bond motifs is 1. The van der Waals surface area contributed by atoms with Gasteiger partial charge in [-0.15, -0.1) is 8.15 Å². The lowest BCUT2D eigenvalue weighted by Gasteiger charge is -2.42. The normalized spacial score (nSPS) is 22.6. The topological polar surface area (TPSA) is 78.0 Å². The van der Waals surface area contributed by atoms with Gasteiger partial charge in [-0.25, -0.2) is 16.8 Å². The third-order valence-corrected chi connectivity index (χ3v) is 15.1. The molecule has 2 aliphatic rings. The maximum Gasteiger partial charge on any atom is 0.248 e. The van der Waals surface area contributed by atoms with Gasteiger partial charge in [0.1, 0.15) is 8.37 Å². The van der Waals surface area contributed by atoms with Crippen LogP contribution in [0.2, 0.25) is 0 Å². The quantitative estimate of drug-likeness (QED) is 0.415. The predicted molar refractivity (Wildman–Crippen MR) is 145 cm³/mol. The molecule has 2 atom stereocenters. The first-order chi connectivity index (χ1) is 16.9. The summed E-state index contributed by atoms with van der Waals surface area (Å²) >= 11 is 0. The molecule has 4 rings (SSSR count). The molecule has 2 fully saturated rings. The Hall–Kier alpha value is -1.35. The monoisotopic (exact) mass is 551 g/mol. The second kappa shape index (κ2) is 10.4. The zero-order valence-electron chi connectivity index (χ0n) is 22.0. The van der Waals surface area contributed by atoms with Gasteiger partial charge in [-0.3, -0.25) is 4.67 Å². The summed E-state index contributed by atoms with van der Waals surface area (Å²) in [5, 5.41) is 0. The van der Waals surface area contributed by atoms with Crippen molar-refractivity contribution in [1.82, 2.24) is 12.8 Å². The van der Waals surface area contributed by atoms with E-state index < -0.39 is 40.5 Å². The van der Waals surface area contributed by atoms with Gasteiger partial charge in [0.15, 0.2) is 0 Å². The van der Waals surface area contributed by atoms with Crippen LogP contribution in [0.25, 0.3) is 0 Å². The number of aryl methyl sites for hydroxylation is 2. The van der Waals surface area contributed by atoms with Crippen LogP contribution in [0.15, 0.2) is 58.3 Å². The minimum atomic E-state index is -3.95. The zero-order chi connectivity index (χ0) is 26.4. The number of hydrogen-bond acceptors (Lipinski definition) is 5. The van der Waals surface area contributed by atoms with Gasteiger partial charge in [0.05, 0.1) is 9.79 Å². The van der Waals surface area contributed by atoms with E-state index in [4.69, 9.17) is 0 Å². The molecule has 1 heterocycles. The summed E-state index contributed by atoms with van der Waals surface area (Å²) < 4.78 is 62.5. The van der Waals surface area contributed by atoms with Gasteiger partial charge in [-0.05, 0) is 78.6 Å². The fourth-order valence-electron chi connectivity index (χ4n) is 5.36. The molecule has 0 bridgehead atoms. The molecule has 36 heavy (non-hydrogen) atoms. The maximum atomic E-state index is 14.3. The SMILES string of the molecule is Cc1ccc(S(=O)(=O)N2[C@@H]3CCCC[C@H]3N(S(=O)(=O)c3ccc(C)cc3)P2N(C(C)C)C(C)C)cc1. The second-order valence-electron chi connectivity index (χ2n) is 10.4. The van der Waals surface area contributed by atoms with E-state index in [0.717, 1.165) is 24.0 Å². The summed E-state index contributed by atoms with van der Waals surface area (Å²) in [7, 11) is -9.79. The Balaban J connectivity index is 1.96. The minimum absolute atomic E-state index is 0.0531. The fraction of sp³-hybridized carbons (Fsp3) is 0.538. The van der Waals surface area contributed by atoms with E-state index in [1.807, 2.05) is 41.5 Å². The second-order valence-corrected chi connectivity index (χ2v) is 16.5. The van der Waals surface area contributed by atoms with Gasteiger partial charge in [0.25, 0.3) is 0 Å². The molecule has 0 unspecified atom stereocenters. The number of rotatable bonds is 7. The molecule has 1 saturated carbocycles. The van der Waals surface area contributed by atoms with E-state index in [1.165, 1.54) is 0 Å². The smallest absolute Gasteiger partial charge is 0.248 e. The third kappa shape index (κ3) is 4.91. The summed E-state index contributed by atoms with van der Waals surface area (Å²) in [5.41, 5.74) is 1.95. The van der Waals surface area contributed by atoms with Crippen LogP contribution < -0.4 is 0 Å². The van der Waals surface area contributed by atoms with Crippen LogP contribution in [0.1, 0.15) is 64.5 Å². The van der Waals surface area contributed by atoms with E-state index in [2.05, 4.69) is 4.67 Å². The van der Waals surface area contributed by atoms with Crippen LogP contribution in [0.4, 0.5) is 0 Å². The Morgan fingerprint density at radius 2 is 1.03 bits per heavy atom. The molecule has 0 radical (unpaired) electrons. The van der Waals surface area contributed by atoms with E-state index >= 15 is 0 Å². The number of sulfonamides is 2. The highest BCUT2D eigenvalue weighted by atomic mass is 32.2. The van der Waals surface area contributed by atoms with Crippen molar-refractivity contribution >= 4 is 28.4 Å². The van der Waals surface area contributed by atoms with Crippen molar-refractivity contribution < 1.29 is 16.8 Å². The first-order valence-electron chi connectivity index (χ1n) is 12.7. The van der Waals surface area contributed by atoms with Gasteiger partial charge in [0, 0.05) is 24.2 Å². The molecule has 198 valence electrons. The molecule has 2 aromatic carbocycles. The maximum absolute atomic E-state index is 14.3. The van der Waals surface area contributed by atoms with Gasteiger partial charge < -0.3 is 0 Å². The summed E-state index contributed by atoms with van der Waals surface area (Å²) in [6, 6.07) is 12.9. The molecule has 0 spiro atoms. The van der Waals surface area contributed by atoms with Crippen molar-refractivity contribution in [1.29, 1.82) is 0 Å². The number of benzene rings is 2.